The van der Waals surface area contributed by atoms with Gasteiger partial charge in [-0.1, -0.05) is 12.1 Å². The summed E-state index contributed by atoms with van der Waals surface area (Å²) in [4.78, 5) is 19.7. The number of piperidine rings is 1. The maximum absolute atomic E-state index is 12.7. The summed E-state index contributed by atoms with van der Waals surface area (Å²) in [6, 6.07) is 8.28. The molecule has 0 N–H and O–H groups in total. The molecule has 3 nitrogen and oxygen atoms in total. The molecule has 5 heteroatoms. The molecule has 0 aliphatic carbocycles. The zero-order chi connectivity index (χ0) is 15.7. The van der Waals surface area contributed by atoms with E-state index in [9.17, 15) is 4.79 Å². The van der Waals surface area contributed by atoms with E-state index in [4.69, 9.17) is 0 Å². The Bertz CT molecular complexity index is 653. The predicted octanol–water partition coefficient (Wildman–Crippen LogP) is 3.94. The van der Waals surface area contributed by atoms with Crippen molar-refractivity contribution in [2.45, 2.75) is 25.8 Å². The van der Waals surface area contributed by atoms with Crippen molar-refractivity contribution in [3.05, 3.63) is 44.8 Å². The fourth-order valence-electron chi connectivity index (χ4n) is 4.06. The Kier molecular flexibility index (Phi) is 4.26. The van der Waals surface area contributed by atoms with Crippen LogP contribution in [-0.2, 0) is 6.54 Å². The third kappa shape index (κ3) is 3.23. The number of amides is 1. The van der Waals surface area contributed by atoms with Gasteiger partial charge in [0.15, 0.2) is 0 Å². The van der Waals surface area contributed by atoms with Crippen LogP contribution in [0.15, 0.2) is 35.0 Å². The molecule has 0 aromatic carbocycles. The fourth-order valence-corrected chi connectivity index (χ4v) is 5.49. The number of nitrogens with zero attached hydrogens (tertiary/aromatic N) is 2. The van der Waals surface area contributed by atoms with Gasteiger partial charge in [0.25, 0.3) is 5.91 Å². The van der Waals surface area contributed by atoms with Crippen molar-refractivity contribution in [2.24, 2.45) is 5.41 Å². The molecule has 4 rings (SSSR count). The second-order valence-electron chi connectivity index (χ2n) is 6.85. The van der Waals surface area contributed by atoms with E-state index >= 15 is 0 Å². The van der Waals surface area contributed by atoms with E-state index in [1.54, 1.807) is 11.3 Å². The van der Waals surface area contributed by atoms with Gasteiger partial charge in [-0.15, -0.1) is 22.7 Å². The van der Waals surface area contributed by atoms with Crippen molar-refractivity contribution in [3.63, 3.8) is 0 Å². The summed E-state index contributed by atoms with van der Waals surface area (Å²) >= 11 is 3.40. The molecule has 2 aromatic heterocycles. The first-order valence-corrected chi connectivity index (χ1v) is 10.1. The fraction of sp³-hybridized carbons (Fsp3) is 0.500. The number of thiophene rings is 2. The average Bonchev–Trinajstić information content (AvgIpc) is 3.30. The van der Waals surface area contributed by atoms with Crippen molar-refractivity contribution in [1.29, 1.82) is 0 Å². The van der Waals surface area contributed by atoms with Gasteiger partial charge in [-0.2, -0.15) is 0 Å². The van der Waals surface area contributed by atoms with Crippen LogP contribution < -0.4 is 0 Å². The molecule has 2 fully saturated rings. The molecule has 0 unspecified atom stereocenters. The highest BCUT2D eigenvalue weighted by Gasteiger charge is 2.42. The zero-order valence-corrected chi connectivity index (χ0v) is 14.9. The normalized spacial score (nSPS) is 25.3. The molecule has 0 bridgehead atoms. The molecule has 1 spiro atoms. The van der Waals surface area contributed by atoms with Gasteiger partial charge in [0.2, 0.25) is 0 Å². The van der Waals surface area contributed by atoms with Crippen molar-refractivity contribution >= 4 is 28.6 Å². The van der Waals surface area contributed by atoms with Crippen molar-refractivity contribution in [1.82, 2.24) is 9.80 Å². The van der Waals surface area contributed by atoms with E-state index in [1.807, 2.05) is 28.8 Å². The van der Waals surface area contributed by atoms with E-state index in [0.29, 0.717) is 5.41 Å². The number of hydrogen-bond donors (Lipinski definition) is 0. The molecular formula is C18H22N2OS2. The van der Waals surface area contributed by atoms with Gasteiger partial charge in [0.05, 0.1) is 4.88 Å². The maximum Gasteiger partial charge on any atom is 0.263 e. The van der Waals surface area contributed by atoms with Gasteiger partial charge in [-0.3, -0.25) is 9.69 Å². The van der Waals surface area contributed by atoms with Crippen LogP contribution in [0.2, 0.25) is 0 Å². The van der Waals surface area contributed by atoms with Gasteiger partial charge in [-0.25, -0.2) is 0 Å². The monoisotopic (exact) mass is 346 g/mol. The smallest absolute Gasteiger partial charge is 0.263 e. The molecule has 0 saturated carbocycles. The molecule has 2 saturated heterocycles. The molecule has 4 heterocycles. The molecular weight excluding hydrogens is 324 g/mol. The standard InChI is InChI=1S/C18H22N2OS2/c21-17(16-5-2-11-23-16)20-8-3-6-18(14-20)7-9-19(13-18)12-15-4-1-10-22-15/h1-2,4-5,10-11H,3,6-9,12-14H2/t18-/m1/s1. The largest absolute Gasteiger partial charge is 0.337 e. The molecule has 1 atom stereocenters. The SMILES string of the molecule is O=C(c1cccs1)N1CCC[C@]2(CCN(Cc3cccs3)C2)C1. The Hall–Kier alpha value is -1.17. The number of likely N-dealkylation sites (tertiary alicyclic amines) is 2. The van der Waals surface area contributed by atoms with Crippen LogP contribution in [0.1, 0.15) is 33.8 Å². The molecule has 2 aliphatic rings. The molecule has 23 heavy (non-hydrogen) atoms. The summed E-state index contributed by atoms with van der Waals surface area (Å²) < 4.78 is 0. The molecule has 2 aliphatic heterocycles. The topological polar surface area (TPSA) is 23.6 Å². The van der Waals surface area contributed by atoms with E-state index in [2.05, 4.69) is 27.3 Å². The van der Waals surface area contributed by atoms with Crippen LogP contribution in [0.3, 0.4) is 0 Å². The first-order chi connectivity index (χ1) is 11.2. The Morgan fingerprint density at radius 1 is 1.09 bits per heavy atom. The second-order valence-corrected chi connectivity index (χ2v) is 8.83. The maximum atomic E-state index is 12.7. The van der Waals surface area contributed by atoms with Crippen molar-refractivity contribution in [3.8, 4) is 0 Å². The first-order valence-electron chi connectivity index (χ1n) is 8.32. The molecule has 122 valence electrons. The van der Waals surface area contributed by atoms with E-state index in [1.165, 1.54) is 24.3 Å². The first kappa shape index (κ1) is 15.4. The summed E-state index contributed by atoms with van der Waals surface area (Å²) in [7, 11) is 0. The average molecular weight is 347 g/mol. The summed E-state index contributed by atoms with van der Waals surface area (Å²) in [5.41, 5.74) is 0.322. The number of hydrogen-bond acceptors (Lipinski definition) is 4. The second kappa shape index (κ2) is 6.38. The lowest BCUT2D eigenvalue weighted by Crippen LogP contribution is -2.47. The summed E-state index contributed by atoms with van der Waals surface area (Å²) in [6.07, 6.45) is 3.64. The molecule has 1 amide bonds. The summed E-state index contributed by atoms with van der Waals surface area (Å²) in [5, 5.41) is 4.15. The highest BCUT2D eigenvalue weighted by molar-refractivity contribution is 7.12. The quantitative estimate of drug-likeness (QED) is 0.840. The third-order valence-electron chi connectivity index (χ3n) is 5.16. The Labute approximate surface area is 145 Å². The Morgan fingerprint density at radius 2 is 1.96 bits per heavy atom. The van der Waals surface area contributed by atoms with Gasteiger partial charge in [0.1, 0.15) is 0 Å². The minimum Gasteiger partial charge on any atom is -0.337 e. The van der Waals surface area contributed by atoms with Gasteiger partial charge < -0.3 is 4.90 Å². The number of carbonyl (C=O) groups is 1. The summed E-state index contributed by atoms with van der Waals surface area (Å²) in [5.74, 6) is 0.232. The van der Waals surface area contributed by atoms with Crippen LogP contribution in [0.4, 0.5) is 0 Å². The van der Waals surface area contributed by atoms with Crippen LogP contribution in [0.25, 0.3) is 0 Å². The zero-order valence-electron chi connectivity index (χ0n) is 13.2. The van der Waals surface area contributed by atoms with Crippen LogP contribution in [-0.4, -0.2) is 41.9 Å². The lowest BCUT2D eigenvalue weighted by molar-refractivity contribution is 0.0531. The highest BCUT2D eigenvalue weighted by atomic mass is 32.1. The third-order valence-corrected chi connectivity index (χ3v) is 6.88. The Morgan fingerprint density at radius 3 is 2.74 bits per heavy atom. The Balaban J connectivity index is 1.42. The molecule has 0 radical (unpaired) electrons. The lowest BCUT2D eigenvalue weighted by atomic mass is 9.79. The lowest BCUT2D eigenvalue weighted by Gasteiger charge is -2.40. The van der Waals surface area contributed by atoms with Gasteiger partial charge >= 0.3 is 0 Å². The number of rotatable bonds is 3. The minimum atomic E-state index is 0.232. The molecule has 2 aromatic rings. The van der Waals surface area contributed by atoms with E-state index in [-0.39, 0.29) is 5.91 Å². The van der Waals surface area contributed by atoms with E-state index < -0.39 is 0 Å². The summed E-state index contributed by atoms with van der Waals surface area (Å²) in [6.45, 7) is 5.23. The van der Waals surface area contributed by atoms with Crippen molar-refractivity contribution < 1.29 is 4.79 Å². The number of carbonyl (C=O) groups excluding carboxylic acids is 1. The van der Waals surface area contributed by atoms with Crippen molar-refractivity contribution in [2.75, 3.05) is 26.2 Å². The van der Waals surface area contributed by atoms with Gasteiger partial charge in [-0.05, 0) is 48.7 Å². The van der Waals surface area contributed by atoms with E-state index in [0.717, 1.165) is 37.5 Å². The van der Waals surface area contributed by atoms with Crippen LogP contribution in [0, 0.1) is 5.41 Å². The van der Waals surface area contributed by atoms with Crippen LogP contribution in [0.5, 0.6) is 0 Å². The van der Waals surface area contributed by atoms with Crippen LogP contribution >= 0.6 is 22.7 Å². The minimum absolute atomic E-state index is 0.232. The predicted molar refractivity (Wildman–Crippen MR) is 96.1 cm³/mol. The highest BCUT2D eigenvalue weighted by Crippen LogP contribution is 2.40. The van der Waals surface area contributed by atoms with Gasteiger partial charge in [0, 0.05) is 36.5 Å².